The minimum atomic E-state index is 0.171. The highest BCUT2D eigenvalue weighted by Gasteiger charge is 2.11. The molecule has 1 unspecified atom stereocenters. The van der Waals surface area contributed by atoms with Crippen molar-refractivity contribution in [2.24, 2.45) is 0 Å². The number of ether oxygens (including phenoxy) is 1. The molecule has 0 aromatic heterocycles. The van der Waals surface area contributed by atoms with Crippen LogP contribution in [0, 0.1) is 6.92 Å². The number of rotatable bonds is 8. The molecule has 1 rings (SSSR count). The summed E-state index contributed by atoms with van der Waals surface area (Å²) in [7, 11) is 0. The molecule has 0 aliphatic carbocycles. The van der Waals surface area contributed by atoms with Crippen molar-refractivity contribution in [2.45, 2.75) is 39.7 Å². The molecule has 2 N–H and O–H groups in total. The van der Waals surface area contributed by atoms with Crippen LogP contribution in [0.5, 0.6) is 5.75 Å². The van der Waals surface area contributed by atoms with E-state index in [1.54, 1.807) is 0 Å². The highest BCUT2D eigenvalue weighted by molar-refractivity contribution is 5.39. The number of aliphatic hydroxyl groups is 1. The Morgan fingerprint density at radius 2 is 2.17 bits per heavy atom. The van der Waals surface area contributed by atoms with Crippen molar-refractivity contribution < 1.29 is 9.84 Å². The van der Waals surface area contributed by atoms with Crippen molar-refractivity contribution in [1.29, 1.82) is 0 Å². The molecule has 1 aromatic carbocycles. The van der Waals surface area contributed by atoms with E-state index in [-0.39, 0.29) is 12.6 Å². The van der Waals surface area contributed by atoms with Crippen molar-refractivity contribution in [3.05, 3.63) is 29.3 Å². The van der Waals surface area contributed by atoms with E-state index < -0.39 is 0 Å². The summed E-state index contributed by atoms with van der Waals surface area (Å²) in [6.45, 7) is 8.11. The van der Waals surface area contributed by atoms with Crippen LogP contribution in [0.15, 0.2) is 18.2 Å². The van der Waals surface area contributed by atoms with Gasteiger partial charge in [-0.25, -0.2) is 0 Å². The molecule has 3 heteroatoms. The number of hydrogen-bond donors (Lipinski definition) is 2. The SMILES string of the molecule is CCCNC(C)c1ccc(C)cc1OCCCO. The fraction of sp³-hybridized carbons (Fsp3) is 0.600. The van der Waals surface area contributed by atoms with Gasteiger partial charge < -0.3 is 15.2 Å². The van der Waals surface area contributed by atoms with Crippen LogP contribution >= 0.6 is 0 Å². The summed E-state index contributed by atoms with van der Waals surface area (Å²) in [6, 6.07) is 6.58. The lowest BCUT2D eigenvalue weighted by Crippen LogP contribution is -2.20. The zero-order chi connectivity index (χ0) is 13.4. The fourth-order valence-corrected chi connectivity index (χ4v) is 1.84. The molecule has 1 atom stereocenters. The Kier molecular flexibility index (Phi) is 6.76. The monoisotopic (exact) mass is 251 g/mol. The second kappa shape index (κ2) is 8.11. The van der Waals surface area contributed by atoms with Gasteiger partial charge in [-0.3, -0.25) is 0 Å². The van der Waals surface area contributed by atoms with E-state index in [9.17, 15) is 0 Å². The van der Waals surface area contributed by atoms with E-state index >= 15 is 0 Å². The third-order valence-electron chi connectivity index (χ3n) is 2.90. The molecule has 0 fully saturated rings. The van der Waals surface area contributed by atoms with Crippen molar-refractivity contribution >= 4 is 0 Å². The van der Waals surface area contributed by atoms with Gasteiger partial charge in [0.25, 0.3) is 0 Å². The number of aryl methyl sites for hydroxylation is 1. The van der Waals surface area contributed by atoms with Gasteiger partial charge in [-0.05, 0) is 38.4 Å². The van der Waals surface area contributed by atoms with Gasteiger partial charge in [0.1, 0.15) is 5.75 Å². The molecule has 1 aromatic rings. The quantitative estimate of drug-likeness (QED) is 0.698. The van der Waals surface area contributed by atoms with Crippen LogP contribution in [0.25, 0.3) is 0 Å². The molecular weight excluding hydrogens is 226 g/mol. The Labute approximate surface area is 110 Å². The van der Waals surface area contributed by atoms with Gasteiger partial charge in [-0.15, -0.1) is 0 Å². The maximum Gasteiger partial charge on any atom is 0.124 e. The van der Waals surface area contributed by atoms with Gasteiger partial charge >= 0.3 is 0 Å². The second-order valence-corrected chi connectivity index (χ2v) is 4.64. The maximum atomic E-state index is 8.80. The summed E-state index contributed by atoms with van der Waals surface area (Å²) in [6.07, 6.45) is 1.79. The fourth-order valence-electron chi connectivity index (χ4n) is 1.84. The van der Waals surface area contributed by atoms with Crippen LogP contribution in [-0.4, -0.2) is 24.9 Å². The van der Waals surface area contributed by atoms with Gasteiger partial charge in [0.2, 0.25) is 0 Å². The predicted octanol–water partition coefficient (Wildman–Crippen LogP) is 2.82. The largest absolute Gasteiger partial charge is 0.493 e. The average molecular weight is 251 g/mol. The minimum absolute atomic E-state index is 0.171. The Morgan fingerprint density at radius 3 is 2.83 bits per heavy atom. The lowest BCUT2D eigenvalue weighted by Gasteiger charge is -2.18. The van der Waals surface area contributed by atoms with E-state index in [1.807, 2.05) is 0 Å². The molecule has 0 heterocycles. The lowest BCUT2D eigenvalue weighted by atomic mass is 10.0. The van der Waals surface area contributed by atoms with Crippen molar-refractivity contribution in [1.82, 2.24) is 5.32 Å². The molecule has 0 radical (unpaired) electrons. The molecule has 102 valence electrons. The van der Waals surface area contributed by atoms with Gasteiger partial charge in [0, 0.05) is 24.6 Å². The first-order chi connectivity index (χ1) is 8.69. The van der Waals surface area contributed by atoms with E-state index in [1.165, 1.54) is 11.1 Å². The van der Waals surface area contributed by atoms with E-state index in [4.69, 9.17) is 9.84 Å². The summed E-state index contributed by atoms with van der Waals surface area (Å²) >= 11 is 0. The van der Waals surface area contributed by atoms with Gasteiger partial charge in [-0.2, -0.15) is 0 Å². The Morgan fingerprint density at radius 1 is 1.39 bits per heavy atom. The highest BCUT2D eigenvalue weighted by Crippen LogP contribution is 2.26. The maximum absolute atomic E-state index is 8.80. The number of nitrogens with one attached hydrogen (secondary N) is 1. The highest BCUT2D eigenvalue weighted by atomic mass is 16.5. The van der Waals surface area contributed by atoms with Gasteiger partial charge in [0.05, 0.1) is 6.61 Å². The van der Waals surface area contributed by atoms with Crippen molar-refractivity contribution in [3.8, 4) is 5.75 Å². The summed E-state index contributed by atoms with van der Waals surface area (Å²) < 4.78 is 5.76. The topological polar surface area (TPSA) is 41.5 Å². The average Bonchev–Trinajstić information content (AvgIpc) is 2.36. The van der Waals surface area contributed by atoms with E-state index in [0.717, 1.165) is 18.7 Å². The molecule has 0 saturated carbocycles. The number of benzene rings is 1. The van der Waals surface area contributed by atoms with Crippen LogP contribution in [-0.2, 0) is 0 Å². The molecule has 18 heavy (non-hydrogen) atoms. The molecule has 0 bridgehead atoms. The summed E-state index contributed by atoms with van der Waals surface area (Å²) in [5.74, 6) is 0.930. The first kappa shape index (κ1) is 15.0. The summed E-state index contributed by atoms with van der Waals surface area (Å²) in [5, 5.41) is 12.3. The van der Waals surface area contributed by atoms with Crippen LogP contribution in [0.1, 0.15) is 43.9 Å². The van der Waals surface area contributed by atoms with Crippen molar-refractivity contribution in [2.75, 3.05) is 19.8 Å². The number of aliphatic hydroxyl groups excluding tert-OH is 1. The molecule has 0 aliphatic rings. The Bertz CT molecular complexity index is 352. The van der Waals surface area contributed by atoms with Crippen LogP contribution < -0.4 is 10.1 Å². The standard InChI is InChI=1S/C15H25NO2/c1-4-8-16-13(3)14-7-6-12(2)11-15(14)18-10-5-9-17/h6-7,11,13,16-17H,4-5,8-10H2,1-3H3. The normalized spacial score (nSPS) is 12.4. The van der Waals surface area contributed by atoms with Gasteiger partial charge in [0.15, 0.2) is 0 Å². The van der Waals surface area contributed by atoms with Gasteiger partial charge in [-0.1, -0.05) is 19.1 Å². The predicted molar refractivity (Wildman–Crippen MR) is 75.1 cm³/mol. The third-order valence-corrected chi connectivity index (χ3v) is 2.90. The zero-order valence-corrected chi connectivity index (χ0v) is 11.7. The Hall–Kier alpha value is -1.06. The summed E-state index contributed by atoms with van der Waals surface area (Å²) in [4.78, 5) is 0. The van der Waals surface area contributed by atoms with Crippen LogP contribution in [0.4, 0.5) is 0 Å². The van der Waals surface area contributed by atoms with E-state index in [0.29, 0.717) is 13.0 Å². The molecule has 0 saturated heterocycles. The first-order valence-corrected chi connectivity index (χ1v) is 6.76. The smallest absolute Gasteiger partial charge is 0.124 e. The minimum Gasteiger partial charge on any atom is -0.493 e. The molecule has 3 nitrogen and oxygen atoms in total. The summed E-state index contributed by atoms with van der Waals surface area (Å²) in [5.41, 5.74) is 2.38. The molecule has 0 amide bonds. The molecule has 0 spiro atoms. The third kappa shape index (κ3) is 4.67. The second-order valence-electron chi connectivity index (χ2n) is 4.64. The first-order valence-electron chi connectivity index (χ1n) is 6.76. The number of hydrogen-bond acceptors (Lipinski definition) is 3. The van der Waals surface area contributed by atoms with E-state index in [2.05, 4.69) is 44.3 Å². The molecular formula is C15H25NO2. The van der Waals surface area contributed by atoms with Crippen LogP contribution in [0.2, 0.25) is 0 Å². The molecule has 0 aliphatic heterocycles. The Balaban J connectivity index is 2.74. The van der Waals surface area contributed by atoms with Crippen molar-refractivity contribution in [3.63, 3.8) is 0 Å². The van der Waals surface area contributed by atoms with Crippen LogP contribution in [0.3, 0.4) is 0 Å². The lowest BCUT2D eigenvalue weighted by molar-refractivity contribution is 0.231. The zero-order valence-electron chi connectivity index (χ0n) is 11.7.